The zero-order chi connectivity index (χ0) is 6.53. The molecular weight excluding hydrogens is 234 g/mol. The van der Waals surface area contributed by atoms with Gasteiger partial charge in [0.2, 0.25) is 0 Å². The second kappa shape index (κ2) is 6.13. The van der Waals surface area contributed by atoms with Gasteiger partial charge in [-0.05, 0) is 25.7 Å². The quantitative estimate of drug-likeness (QED) is 0.454. The summed E-state index contributed by atoms with van der Waals surface area (Å²) in [7, 11) is 0. The normalized spacial score (nSPS) is 18.3. The molecule has 0 aliphatic heterocycles. The van der Waals surface area contributed by atoms with E-state index in [0.717, 1.165) is 30.7 Å². The van der Waals surface area contributed by atoms with Crippen molar-refractivity contribution in [2.45, 2.75) is 25.7 Å². The van der Waals surface area contributed by atoms with Crippen LogP contribution in [0.25, 0.3) is 0 Å². The van der Waals surface area contributed by atoms with Crippen LogP contribution in [0.15, 0.2) is 23.3 Å². The predicted octanol–water partition coefficient (Wildman–Crippen LogP) is 3.24. The Kier molecular flexibility index (Phi) is 6.37. The van der Waals surface area contributed by atoms with Crippen molar-refractivity contribution in [1.29, 1.82) is 0 Å². The number of hydrogen-bond donors (Lipinski definition) is 0. The molecule has 0 atom stereocenters. The monoisotopic (exact) mass is 245 g/mol. The fourth-order valence-electron chi connectivity index (χ4n) is 0.895. The van der Waals surface area contributed by atoms with Gasteiger partial charge in [-0.3, -0.25) is 0 Å². The van der Waals surface area contributed by atoms with Gasteiger partial charge < -0.3 is 0 Å². The van der Waals surface area contributed by atoms with E-state index in [4.69, 9.17) is 11.6 Å². The molecule has 2 heteroatoms. The van der Waals surface area contributed by atoms with Crippen molar-refractivity contribution in [3.8, 4) is 0 Å². The van der Waals surface area contributed by atoms with Gasteiger partial charge in [0.1, 0.15) is 0 Å². The summed E-state index contributed by atoms with van der Waals surface area (Å²) in [6.45, 7) is 0. The second-order valence-electron chi connectivity index (χ2n) is 2.24. The van der Waals surface area contributed by atoms with Gasteiger partial charge in [-0.2, -0.15) is 0 Å². The van der Waals surface area contributed by atoms with E-state index in [1.807, 2.05) is 0 Å². The van der Waals surface area contributed by atoms with E-state index in [2.05, 4.69) is 18.2 Å². The third-order valence-electron chi connectivity index (χ3n) is 1.42. The van der Waals surface area contributed by atoms with Crippen LogP contribution < -0.4 is 0 Å². The summed E-state index contributed by atoms with van der Waals surface area (Å²) in [5.41, 5.74) is 0. The van der Waals surface area contributed by atoms with Crippen LogP contribution in [-0.2, 0) is 19.5 Å². The molecule has 0 spiro atoms. The van der Waals surface area contributed by atoms with Crippen molar-refractivity contribution in [1.82, 2.24) is 0 Å². The van der Waals surface area contributed by atoms with Gasteiger partial charge in [0.15, 0.2) is 0 Å². The van der Waals surface area contributed by atoms with Crippen molar-refractivity contribution in [2.75, 3.05) is 0 Å². The first-order valence-electron chi connectivity index (χ1n) is 3.39. The van der Waals surface area contributed by atoms with Crippen LogP contribution in [0.5, 0.6) is 0 Å². The Labute approximate surface area is 80.1 Å². The van der Waals surface area contributed by atoms with Gasteiger partial charge in [0.05, 0.1) is 0 Å². The molecular formula is C8H11ClRh+. The Morgan fingerprint density at radius 3 is 2.60 bits per heavy atom. The summed E-state index contributed by atoms with van der Waals surface area (Å²) < 4.78 is 0. The largest absolute Gasteiger partial charge is 1.00 e. The molecule has 0 aromatic carbocycles. The summed E-state index contributed by atoms with van der Waals surface area (Å²) in [4.78, 5) is 0. The van der Waals surface area contributed by atoms with Crippen LogP contribution in [0.4, 0.5) is 0 Å². The molecule has 0 heterocycles. The smallest absolute Gasteiger partial charge is 0.0895 e. The number of allylic oxidation sites excluding steroid dienone is 4. The maximum Gasteiger partial charge on any atom is 1.00 e. The number of halogens is 1. The number of rotatable bonds is 0. The molecule has 0 fully saturated rings. The summed E-state index contributed by atoms with van der Waals surface area (Å²) >= 11 is 5.82. The molecule has 58 valence electrons. The zero-order valence-electron chi connectivity index (χ0n) is 5.77. The van der Waals surface area contributed by atoms with E-state index in [1.165, 1.54) is 0 Å². The van der Waals surface area contributed by atoms with Crippen molar-refractivity contribution < 1.29 is 19.5 Å². The van der Waals surface area contributed by atoms with E-state index >= 15 is 0 Å². The molecule has 0 unspecified atom stereocenters. The Morgan fingerprint density at radius 2 is 1.80 bits per heavy atom. The Balaban J connectivity index is 0.000000810. The molecule has 0 aromatic heterocycles. The molecule has 0 radical (unpaired) electrons. The molecule has 10 heavy (non-hydrogen) atoms. The van der Waals surface area contributed by atoms with Gasteiger partial charge in [-0.1, -0.05) is 29.8 Å². The SMILES string of the molecule is ClC1=CCCC=CCC1.[Rh+]. The first kappa shape index (κ1) is 10.4. The topological polar surface area (TPSA) is 0 Å². The zero-order valence-corrected chi connectivity index (χ0v) is 8.17. The third-order valence-corrected chi connectivity index (χ3v) is 1.76. The molecule has 1 aliphatic carbocycles. The Morgan fingerprint density at radius 1 is 1.10 bits per heavy atom. The molecule has 1 aliphatic rings. The van der Waals surface area contributed by atoms with Gasteiger partial charge in [-0.25, -0.2) is 0 Å². The van der Waals surface area contributed by atoms with Gasteiger partial charge in [0, 0.05) is 5.03 Å². The van der Waals surface area contributed by atoms with Crippen molar-refractivity contribution in [2.24, 2.45) is 0 Å². The first-order valence-corrected chi connectivity index (χ1v) is 3.77. The molecule has 0 N–H and O–H groups in total. The van der Waals surface area contributed by atoms with E-state index in [-0.39, 0.29) is 19.5 Å². The minimum Gasteiger partial charge on any atom is -0.0895 e. The average molecular weight is 246 g/mol. The second-order valence-corrected chi connectivity index (χ2v) is 2.72. The first-order chi connectivity index (χ1) is 4.39. The van der Waals surface area contributed by atoms with Gasteiger partial charge in [0.25, 0.3) is 0 Å². The maximum absolute atomic E-state index is 5.82. The summed E-state index contributed by atoms with van der Waals surface area (Å²) in [5, 5.41) is 1.03. The number of hydrogen-bond acceptors (Lipinski definition) is 0. The minimum absolute atomic E-state index is 0. The summed E-state index contributed by atoms with van der Waals surface area (Å²) in [6.07, 6.45) is 10.9. The summed E-state index contributed by atoms with van der Waals surface area (Å²) in [6, 6.07) is 0. The van der Waals surface area contributed by atoms with Crippen LogP contribution in [0.1, 0.15) is 25.7 Å². The van der Waals surface area contributed by atoms with Crippen molar-refractivity contribution >= 4 is 11.6 Å². The third kappa shape index (κ3) is 4.25. The fourth-order valence-corrected chi connectivity index (χ4v) is 1.11. The average Bonchev–Trinajstić information content (AvgIpc) is 1.79. The Bertz CT molecular complexity index is 138. The molecule has 0 nitrogen and oxygen atoms in total. The van der Waals surface area contributed by atoms with Crippen molar-refractivity contribution in [3.05, 3.63) is 23.3 Å². The molecule has 0 bridgehead atoms. The molecule has 0 aromatic rings. The van der Waals surface area contributed by atoms with Gasteiger partial charge in [-0.15, -0.1) is 0 Å². The Hall–Kier alpha value is 0.393. The predicted molar refractivity (Wildman–Crippen MR) is 41.5 cm³/mol. The van der Waals surface area contributed by atoms with E-state index < -0.39 is 0 Å². The van der Waals surface area contributed by atoms with E-state index in [0.29, 0.717) is 0 Å². The van der Waals surface area contributed by atoms with Crippen LogP contribution in [-0.4, -0.2) is 0 Å². The van der Waals surface area contributed by atoms with E-state index in [1.54, 1.807) is 0 Å². The maximum atomic E-state index is 5.82. The van der Waals surface area contributed by atoms with Gasteiger partial charge >= 0.3 is 19.5 Å². The fraction of sp³-hybridized carbons (Fsp3) is 0.500. The van der Waals surface area contributed by atoms with Crippen LogP contribution >= 0.6 is 11.6 Å². The summed E-state index contributed by atoms with van der Waals surface area (Å²) in [5.74, 6) is 0. The standard InChI is InChI=1S/C8H11Cl.Rh/c9-8-6-4-2-1-3-5-7-8;/h1-2,7H,3-6H2;/q;+1. The molecule has 0 amide bonds. The van der Waals surface area contributed by atoms with Crippen LogP contribution in [0.2, 0.25) is 0 Å². The van der Waals surface area contributed by atoms with E-state index in [9.17, 15) is 0 Å². The molecule has 1 rings (SSSR count). The minimum atomic E-state index is 0. The van der Waals surface area contributed by atoms with Crippen molar-refractivity contribution in [3.63, 3.8) is 0 Å². The molecule has 0 saturated carbocycles. The van der Waals surface area contributed by atoms with Crippen LogP contribution in [0.3, 0.4) is 0 Å². The molecule has 0 saturated heterocycles. The van der Waals surface area contributed by atoms with Crippen LogP contribution in [0, 0.1) is 0 Å².